The molecule has 162 valence electrons. The van der Waals surface area contributed by atoms with Crippen LogP contribution in [0.15, 0.2) is 34.9 Å². The largest absolute Gasteiger partial charge is 0.451 e. The maximum absolute atomic E-state index is 13.3. The molecule has 3 aromatic rings. The summed E-state index contributed by atoms with van der Waals surface area (Å²) in [6.45, 7) is 5.14. The van der Waals surface area contributed by atoms with Crippen LogP contribution in [0, 0.1) is 6.92 Å². The van der Waals surface area contributed by atoms with Crippen LogP contribution < -0.4 is 5.32 Å². The lowest BCUT2D eigenvalue weighted by atomic mass is 10.1. The number of nitrogens with zero attached hydrogens (tertiary/aromatic N) is 3. The summed E-state index contributed by atoms with van der Waals surface area (Å²) in [4.78, 5) is 32.3. The van der Waals surface area contributed by atoms with Crippen molar-refractivity contribution in [3.63, 3.8) is 0 Å². The molecule has 0 unspecified atom stereocenters. The second kappa shape index (κ2) is 7.87. The zero-order chi connectivity index (χ0) is 21.5. The average molecular weight is 421 g/mol. The Morgan fingerprint density at radius 3 is 2.74 bits per heavy atom. The molecule has 5 rings (SSSR count). The molecule has 0 spiro atoms. The summed E-state index contributed by atoms with van der Waals surface area (Å²) in [5.74, 6) is 1.12. The Morgan fingerprint density at radius 1 is 1.19 bits per heavy atom. The van der Waals surface area contributed by atoms with Gasteiger partial charge in [-0.1, -0.05) is 31.0 Å². The fraction of sp³-hybridized carbons (Fsp3) is 0.458. The van der Waals surface area contributed by atoms with Gasteiger partial charge in [0.25, 0.3) is 5.91 Å². The van der Waals surface area contributed by atoms with Gasteiger partial charge in [0.2, 0.25) is 5.91 Å². The molecule has 0 saturated heterocycles. The molecular weight excluding hydrogens is 392 g/mol. The quantitative estimate of drug-likeness (QED) is 0.697. The Hall–Kier alpha value is -3.09. The summed E-state index contributed by atoms with van der Waals surface area (Å²) < 4.78 is 7.97. The van der Waals surface area contributed by atoms with Crippen molar-refractivity contribution in [2.24, 2.45) is 0 Å². The number of furan rings is 1. The molecule has 1 saturated carbocycles. The number of carbonyl (C=O) groups is 2. The zero-order valence-electron chi connectivity index (χ0n) is 18.1. The van der Waals surface area contributed by atoms with Crippen molar-refractivity contribution in [3.05, 3.63) is 53.3 Å². The number of carbonyl (C=O) groups excluding carboxylic acids is 2. The van der Waals surface area contributed by atoms with E-state index in [0.29, 0.717) is 24.9 Å². The lowest BCUT2D eigenvalue weighted by Gasteiger charge is -2.33. The van der Waals surface area contributed by atoms with Gasteiger partial charge < -0.3 is 19.2 Å². The topological polar surface area (TPSA) is 80.4 Å². The highest BCUT2D eigenvalue weighted by Crippen LogP contribution is 2.31. The van der Waals surface area contributed by atoms with Crippen molar-refractivity contribution in [3.8, 4) is 0 Å². The molecule has 1 fully saturated rings. The number of nitrogens with one attached hydrogen (secondary N) is 1. The van der Waals surface area contributed by atoms with Crippen molar-refractivity contribution in [1.29, 1.82) is 0 Å². The Labute approximate surface area is 181 Å². The molecule has 1 aliphatic heterocycles. The van der Waals surface area contributed by atoms with Gasteiger partial charge in [0.1, 0.15) is 11.4 Å². The fourth-order valence-electron chi connectivity index (χ4n) is 4.93. The summed E-state index contributed by atoms with van der Waals surface area (Å²) in [6, 6.07) is 7.83. The van der Waals surface area contributed by atoms with Crippen molar-refractivity contribution in [1.82, 2.24) is 19.8 Å². The molecule has 1 atom stereocenters. The molecule has 3 heterocycles. The molecule has 2 amide bonds. The van der Waals surface area contributed by atoms with Crippen LogP contribution >= 0.6 is 0 Å². The van der Waals surface area contributed by atoms with Crippen LogP contribution in [-0.4, -0.2) is 38.9 Å². The number of aromatic nitrogens is 2. The first-order chi connectivity index (χ1) is 15.0. The maximum Gasteiger partial charge on any atom is 0.290 e. The number of para-hydroxylation sites is 1. The third-order valence-electron chi connectivity index (χ3n) is 6.64. The third kappa shape index (κ3) is 3.62. The fourth-order valence-corrected chi connectivity index (χ4v) is 4.93. The number of rotatable bonds is 4. The van der Waals surface area contributed by atoms with E-state index in [0.717, 1.165) is 40.9 Å². The Balaban J connectivity index is 1.32. The van der Waals surface area contributed by atoms with E-state index in [9.17, 15) is 9.59 Å². The van der Waals surface area contributed by atoms with Gasteiger partial charge in [-0.25, -0.2) is 4.98 Å². The van der Waals surface area contributed by atoms with Crippen LogP contribution in [0.25, 0.3) is 11.0 Å². The normalized spacial score (nSPS) is 19.0. The van der Waals surface area contributed by atoms with E-state index < -0.39 is 0 Å². The highest BCUT2D eigenvalue weighted by Gasteiger charge is 2.33. The lowest BCUT2D eigenvalue weighted by molar-refractivity contribution is -0.121. The first kappa shape index (κ1) is 19.8. The summed E-state index contributed by atoms with van der Waals surface area (Å²) in [6.07, 6.45) is 6.75. The number of benzene rings is 1. The Kier molecular flexibility index (Phi) is 5.04. The standard InChI is InChI=1S/C24H28N4O3/c1-15-19-9-5-6-10-20(19)31-22(15)24(30)28-12-11-27-14-18(26-23(27)16(28)2)13-21(29)25-17-7-3-4-8-17/h5-6,9-10,14,16-17H,3-4,7-8,11-13H2,1-2H3,(H,25,29)/t16-/m0/s1. The highest BCUT2D eigenvalue weighted by molar-refractivity contribution is 5.99. The number of aryl methyl sites for hydroxylation is 1. The number of amides is 2. The monoisotopic (exact) mass is 420 g/mol. The minimum atomic E-state index is -0.194. The average Bonchev–Trinajstić information content (AvgIpc) is 3.48. The molecule has 2 aromatic heterocycles. The summed E-state index contributed by atoms with van der Waals surface area (Å²) >= 11 is 0. The van der Waals surface area contributed by atoms with Crippen molar-refractivity contribution >= 4 is 22.8 Å². The lowest BCUT2D eigenvalue weighted by Crippen LogP contribution is -2.41. The van der Waals surface area contributed by atoms with Gasteiger partial charge in [-0.2, -0.15) is 0 Å². The summed E-state index contributed by atoms with van der Waals surface area (Å²) in [5.41, 5.74) is 2.35. The molecule has 7 nitrogen and oxygen atoms in total. The van der Waals surface area contributed by atoms with Crippen LogP contribution in [0.5, 0.6) is 0 Å². The minimum Gasteiger partial charge on any atom is -0.451 e. The number of imidazole rings is 1. The SMILES string of the molecule is Cc1c(C(=O)N2CCn3cc(CC(=O)NC4CCCC4)nc3[C@@H]2C)oc2ccccc12. The van der Waals surface area contributed by atoms with Crippen molar-refractivity contribution in [2.45, 2.75) is 64.6 Å². The van der Waals surface area contributed by atoms with Crippen LogP contribution in [0.1, 0.15) is 66.3 Å². The predicted octanol–water partition coefficient (Wildman–Crippen LogP) is 3.76. The minimum absolute atomic E-state index is 0.0285. The van der Waals surface area contributed by atoms with E-state index in [1.165, 1.54) is 12.8 Å². The molecule has 0 radical (unpaired) electrons. The van der Waals surface area contributed by atoms with Gasteiger partial charge in [-0.05, 0) is 32.8 Å². The van der Waals surface area contributed by atoms with E-state index >= 15 is 0 Å². The Morgan fingerprint density at radius 2 is 1.97 bits per heavy atom. The second-order valence-corrected chi connectivity index (χ2v) is 8.74. The van der Waals surface area contributed by atoms with E-state index in [1.54, 1.807) is 0 Å². The van der Waals surface area contributed by atoms with Gasteiger partial charge in [0.15, 0.2) is 5.76 Å². The van der Waals surface area contributed by atoms with E-state index in [-0.39, 0.29) is 24.3 Å². The van der Waals surface area contributed by atoms with Gasteiger partial charge in [-0.3, -0.25) is 9.59 Å². The molecule has 7 heteroatoms. The third-order valence-corrected chi connectivity index (χ3v) is 6.64. The first-order valence-corrected chi connectivity index (χ1v) is 11.2. The maximum atomic E-state index is 13.3. The second-order valence-electron chi connectivity index (χ2n) is 8.74. The van der Waals surface area contributed by atoms with Gasteiger partial charge in [-0.15, -0.1) is 0 Å². The number of hydrogen-bond acceptors (Lipinski definition) is 4. The van der Waals surface area contributed by atoms with Crippen LogP contribution in [0.4, 0.5) is 0 Å². The predicted molar refractivity (Wildman–Crippen MR) is 117 cm³/mol. The van der Waals surface area contributed by atoms with Gasteiger partial charge in [0.05, 0.1) is 18.2 Å². The van der Waals surface area contributed by atoms with Crippen LogP contribution in [0.3, 0.4) is 0 Å². The first-order valence-electron chi connectivity index (χ1n) is 11.2. The van der Waals surface area contributed by atoms with Crippen LogP contribution in [0.2, 0.25) is 0 Å². The van der Waals surface area contributed by atoms with Gasteiger partial charge >= 0.3 is 0 Å². The van der Waals surface area contributed by atoms with Crippen LogP contribution in [-0.2, 0) is 17.8 Å². The smallest absolute Gasteiger partial charge is 0.290 e. The molecular formula is C24H28N4O3. The molecule has 31 heavy (non-hydrogen) atoms. The number of fused-ring (bicyclic) bond motifs is 2. The molecule has 1 aromatic carbocycles. The summed E-state index contributed by atoms with van der Waals surface area (Å²) in [7, 11) is 0. The zero-order valence-corrected chi connectivity index (χ0v) is 18.1. The molecule has 1 aliphatic carbocycles. The van der Waals surface area contributed by atoms with Gasteiger partial charge in [0, 0.05) is 36.3 Å². The molecule has 0 bridgehead atoms. The Bertz CT molecular complexity index is 1140. The van der Waals surface area contributed by atoms with Crippen molar-refractivity contribution < 1.29 is 14.0 Å². The van der Waals surface area contributed by atoms with E-state index in [1.807, 2.05) is 49.2 Å². The van der Waals surface area contributed by atoms with E-state index in [2.05, 4.69) is 9.88 Å². The van der Waals surface area contributed by atoms with E-state index in [4.69, 9.17) is 9.40 Å². The highest BCUT2D eigenvalue weighted by atomic mass is 16.3. The molecule has 1 N–H and O–H groups in total. The number of hydrogen-bond donors (Lipinski definition) is 1. The van der Waals surface area contributed by atoms with Crippen molar-refractivity contribution in [2.75, 3.05) is 6.54 Å². The molecule has 2 aliphatic rings. The summed E-state index contributed by atoms with van der Waals surface area (Å²) in [5, 5.41) is 4.09.